The van der Waals surface area contributed by atoms with Crippen molar-refractivity contribution in [1.29, 1.82) is 0 Å². The van der Waals surface area contributed by atoms with E-state index in [4.69, 9.17) is 18.9 Å². The largest absolute Gasteiger partial charge is 0.465 e. The number of hydrogen-bond donors (Lipinski definition) is 0. The summed E-state index contributed by atoms with van der Waals surface area (Å²) < 4.78 is 21.5. The van der Waals surface area contributed by atoms with Crippen molar-refractivity contribution in [2.45, 2.75) is 59.9 Å². The van der Waals surface area contributed by atoms with E-state index < -0.39 is 42.1 Å². The Bertz CT molecular complexity index is 452. The van der Waals surface area contributed by atoms with E-state index in [9.17, 15) is 14.4 Å². The Morgan fingerprint density at radius 1 is 0.913 bits per heavy atom. The molecular formula is C16H26O7. The van der Waals surface area contributed by atoms with Gasteiger partial charge in [0.1, 0.15) is 31.5 Å². The molecule has 0 radical (unpaired) electrons. The molecule has 1 aliphatic rings. The highest BCUT2D eigenvalue weighted by Crippen LogP contribution is 2.39. The van der Waals surface area contributed by atoms with Crippen LogP contribution in [0, 0.1) is 11.3 Å². The predicted molar refractivity (Wildman–Crippen MR) is 80.4 cm³/mol. The van der Waals surface area contributed by atoms with Gasteiger partial charge in [0.25, 0.3) is 0 Å². The molecular weight excluding hydrogens is 304 g/mol. The van der Waals surface area contributed by atoms with Gasteiger partial charge in [0.05, 0.1) is 5.92 Å². The summed E-state index contributed by atoms with van der Waals surface area (Å²) in [5.41, 5.74) is -0.306. The van der Waals surface area contributed by atoms with Gasteiger partial charge in [-0.2, -0.15) is 0 Å². The van der Waals surface area contributed by atoms with Crippen LogP contribution in [-0.2, 0) is 33.3 Å². The maximum Gasteiger partial charge on any atom is 0.303 e. The predicted octanol–water partition coefficient (Wildman–Crippen LogP) is 1.47. The Balaban J connectivity index is 3.00. The van der Waals surface area contributed by atoms with Crippen molar-refractivity contribution in [3.05, 3.63) is 0 Å². The molecule has 0 aliphatic carbocycles. The number of ether oxygens (including phenoxy) is 4. The molecule has 1 saturated heterocycles. The quantitative estimate of drug-likeness (QED) is 0.557. The van der Waals surface area contributed by atoms with E-state index >= 15 is 0 Å². The molecule has 1 heterocycles. The molecule has 1 fully saturated rings. The zero-order chi connectivity index (χ0) is 17.8. The third-order valence-electron chi connectivity index (χ3n) is 3.60. The molecule has 7 heteroatoms. The Labute approximate surface area is 136 Å². The zero-order valence-corrected chi connectivity index (χ0v) is 14.6. The third-order valence-corrected chi connectivity index (χ3v) is 3.60. The average molecular weight is 330 g/mol. The standard InChI is InChI=1S/C16H26O7/c1-9(17)20-7-12-13(8-21-10(2)18)23-15(16(4,5)6)14(12)22-11(3)19/h12-15H,7-8H2,1-6H3/t12-,13-,14-,15-/m1/s1. The van der Waals surface area contributed by atoms with E-state index in [-0.39, 0.29) is 18.6 Å². The first kappa shape index (κ1) is 19.4. The third kappa shape index (κ3) is 5.82. The summed E-state index contributed by atoms with van der Waals surface area (Å²) in [4.78, 5) is 33.6. The SMILES string of the molecule is CC(=O)OC[C@H]1[C@@H](OC(C)=O)[C@H](C(C)(C)C)O[C@@H]1COC(C)=O. The fourth-order valence-corrected chi connectivity index (χ4v) is 2.62. The molecule has 132 valence electrons. The van der Waals surface area contributed by atoms with Gasteiger partial charge >= 0.3 is 17.9 Å². The second kappa shape index (κ2) is 7.77. The molecule has 0 unspecified atom stereocenters. The van der Waals surface area contributed by atoms with Crippen LogP contribution in [0.25, 0.3) is 0 Å². The summed E-state index contributed by atoms with van der Waals surface area (Å²) in [5, 5.41) is 0. The van der Waals surface area contributed by atoms with Crippen molar-refractivity contribution in [2.24, 2.45) is 11.3 Å². The lowest BCUT2D eigenvalue weighted by Gasteiger charge is -2.31. The van der Waals surface area contributed by atoms with Gasteiger partial charge in [-0.1, -0.05) is 20.8 Å². The lowest BCUT2D eigenvalue weighted by Crippen LogP contribution is -2.41. The van der Waals surface area contributed by atoms with Gasteiger partial charge in [-0.3, -0.25) is 14.4 Å². The number of hydrogen-bond acceptors (Lipinski definition) is 7. The zero-order valence-electron chi connectivity index (χ0n) is 14.6. The Kier molecular flexibility index (Phi) is 6.56. The minimum atomic E-state index is -0.576. The molecule has 0 aromatic heterocycles. The second-order valence-corrected chi connectivity index (χ2v) is 6.80. The maximum absolute atomic E-state index is 11.5. The van der Waals surface area contributed by atoms with Gasteiger partial charge in [0.15, 0.2) is 0 Å². The van der Waals surface area contributed by atoms with Crippen LogP contribution in [-0.4, -0.2) is 49.4 Å². The monoisotopic (exact) mass is 330 g/mol. The molecule has 0 saturated carbocycles. The highest BCUT2D eigenvalue weighted by Gasteiger charge is 2.51. The number of carbonyl (C=O) groups is 3. The fraction of sp³-hybridized carbons (Fsp3) is 0.812. The first-order chi connectivity index (χ1) is 10.5. The van der Waals surface area contributed by atoms with Crippen LogP contribution in [0.1, 0.15) is 41.5 Å². The lowest BCUT2D eigenvalue weighted by molar-refractivity contribution is -0.156. The van der Waals surface area contributed by atoms with Gasteiger partial charge in [-0.15, -0.1) is 0 Å². The van der Waals surface area contributed by atoms with E-state index in [1.165, 1.54) is 20.8 Å². The molecule has 7 nitrogen and oxygen atoms in total. The normalized spacial score (nSPS) is 27.4. The molecule has 0 bridgehead atoms. The average Bonchev–Trinajstić information content (AvgIpc) is 2.71. The first-order valence-electron chi connectivity index (χ1n) is 7.61. The van der Waals surface area contributed by atoms with Crippen LogP contribution in [0.4, 0.5) is 0 Å². The topological polar surface area (TPSA) is 88.1 Å². The van der Waals surface area contributed by atoms with Crippen molar-refractivity contribution < 1.29 is 33.3 Å². The van der Waals surface area contributed by atoms with Gasteiger partial charge in [-0.25, -0.2) is 0 Å². The van der Waals surface area contributed by atoms with E-state index in [1.54, 1.807) is 0 Å². The number of carbonyl (C=O) groups excluding carboxylic acids is 3. The smallest absolute Gasteiger partial charge is 0.303 e. The molecule has 0 aromatic rings. The molecule has 0 N–H and O–H groups in total. The fourth-order valence-electron chi connectivity index (χ4n) is 2.62. The van der Waals surface area contributed by atoms with E-state index in [0.29, 0.717) is 0 Å². The summed E-state index contributed by atoms with van der Waals surface area (Å²) in [6, 6.07) is 0. The van der Waals surface area contributed by atoms with E-state index in [0.717, 1.165) is 0 Å². The summed E-state index contributed by atoms with van der Waals surface area (Å²) >= 11 is 0. The van der Waals surface area contributed by atoms with Crippen LogP contribution in [0.2, 0.25) is 0 Å². The van der Waals surface area contributed by atoms with Crippen LogP contribution < -0.4 is 0 Å². The molecule has 0 amide bonds. The molecule has 1 aliphatic heterocycles. The first-order valence-corrected chi connectivity index (χ1v) is 7.61. The molecule has 0 spiro atoms. The summed E-state index contributed by atoms with van der Waals surface area (Å²) in [6.07, 6.45) is -1.48. The maximum atomic E-state index is 11.5. The molecule has 0 aromatic carbocycles. The summed E-state index contributed by atoms with van der Waals surface area (Å²) in [5.74, 6) is -1.69. The lowest BCUT2D eigenvalue weighted by atomic mass is 9.82. The molecule has 1 rings (SSSR count). The van der Waals surface area contributed by atoms with Crippen LogP contribution in [0.5, 0.6) is 0 Å². The molecule has 4 atom stereocenters. The Morgan fingerprint density at radius 2 is 1.43 bits per heavy atom. The van der Waals surface area contributed by atoms with Crippen LogP contribution in [0.15, 0.2) is 0 Å². The van der Waals surface area contributed by atoms with Crippen LogP contribution >= 0.6 is 0 Å². The summed E-state index contributed by atoms with van der Waals surface area (Å²) in [6.45, 7) is 9.88. The van der Waals surface area contributed by atoms with E-state index in [1.807, 2.05) is 20.8 Å². The van der Waals surface area contributed by atoms with Gasteiger partial charge in [0, 0.05) is 20.8 Å². The van der Waals surface area contributed by atoms with Gasteiger partial charge in [-0.05, 0) is 5.41 Å². The minimum absolute atomic E-state index is 0.0195. The number of rotatable bonds is 5. The van der Waals surface area contributed by atoms with Crippen molar-refractivity contribution in [3.8, 4) is 0 Å². The van der Waals surface area contributed by atoms with Crippen molar-refractivity contribution in [3.63, 3.8) is 0 Å². The van der Waals surface area contributed by atoms with Crippen molar-refractivity contribution in [1.82, 2.24) is 0 Å². The van der Waals surface area contributed by atoms with Crippen molar-refractivity contribution >= 4 is 17.9 Å². The highest BCUT2D eigenvalue weighted by molar-refractivity contribution is 5.67. The second-order valence-electron chi connectivity index (χ2n) is 6.80. The van der Waals surface area contributed by atoms with Gasteiger partial charge in [0.2, 0.25) is 0 Å². The summed E-state index contributed by atoms with van der Waals surface area (Å²) in [7, 11) is 0. The van der Waals surface area contributed by atoms with Crippen molar-refractivity contribution in [2.75, 3.05) is 13.2 Å². The Morgan fingerprint density at radius 3 is 1.87 bits per heavy atom. The van der Waals surface area contributed by atoms with Gasteiger partial charge < -0.3 is 18.9 Å². The van der Waals surface area contributed by atoms with E-state index in [2.05, 4.69) is 0 Å². The van der Waals surface area contributed by atoms with Crippen LogP contribution in [0.3, 0.4) is 0 Å². The highest BCUT2D eigenvalue weighted by atomic mass is 16.6. The number of esters is 3. The molecule has 23 heavy (non-hydrogen) atoms. The Hall–Kier alpha value is -1.63. The minimum Gasteiger partial charge on any atom is -0.465 e.